The predicted molar refractivity (Wildman–Crippen MR) is 122 cm³/mol. The fourth-order valence-electron chi connectivity index (χ4n) is 3.73. The van der Waals surface area contributed by atoms with Crippen LogP contribution < -0.4 is 103 Å². The molecule has 0 N–H and O–H groups in total. The van der Waals surface area contributed by atoms with Crippen LogP contribution in [0.25, 0.3) is 0 Å². The average molecular weight is 519 g/mol. The topological polar surface area (TPSA) is 95.5 Å². The van der Waals surface area contributed by atoms with Crippen molar-refractivity contribution >= 4 is 7.82 Å². The number of hydrogen-bond donors (Lipinski definition) is 0. The monoisotopic (exact) mass is 518 g/mol. The standard InChI is InChI=1S/C24H50O.3Na.H3O4P/c1-5-9-13-15-19-23(17-11-7-3)21-25-22-24(18-12-8-4)20-16-14-10-6-2;;;;1-5(2,3)4/h23-24H,5-22H2,1-4H3;;;;(H3,1,2,3,4)/q;3*+1;/p-3. The Hall–Kier alpha value is 3.07. The Morgan fingerprint density at radius 2 is 0.818 bits per heavy atom. The normalized spacial score (nSPS) is 12.3. The van der Waals surface area contributed by atoms with Crippen molar-refractivity contribution in [1.82, 2.24) is 0 Å². The number of unbranched alkanes of at least 4 members (excludes halogenated alkanes) is 8. The van der Waals surface area contributed by atoms with Gasteiger partial charge < -0.3 is 24.0 Å². The van der Waals surface area contributed by atoms with E-state index in [1.54, 1.807) is 0 Å². The Kier molecular flexibility index (Phi) is 48.8. The van der Waals surface area contributed by atoms with E-state index < -0.39 is 7.82 Å². The van der Waals surface area contributed by atoms with Crippen molar-refractivity contribution in [3.8, 4) is 0 Å². The molecule has 0 aromatic heterocycles. The summed E-state index contributed by atoms with van der Waals surface area (Å²) in [5.41, 5.74) is 0. The summed E-state index contributed by atoms with van der Waals surface area (Å²) in [6, 6.07) is 0. The summed E-state index contributed by atoms with van der Waals surface area (Å²) < 4.78 is 14.8. The summed E-state index contributed by atoms with van der Waals surface area (Å²) >= 11 is 0. The van der Waals surface area contributed by atoms with Crippen molar-refractivity contribution in [3.63, 3.8) is 0 Å². The van der Waals surface area contributed by atoms with Gasteiger partial charge in [-0.05, 0) is 37.5 Å². The molecule has 0 aliphatic rings. The van der Waals surface area contributed by atoms with Crippen LogP contribution in [0.5, 0.6) is 0 Å². The summed E-state index contributed by atoms with van der Waals surface area (Å²) in [4.78, 5) is 25.6. The maximum Gasteiger partial charge on any atom is 1.00 e. The first-order chi connectivity index (χ1) is 14.3. The number of rotatable bonds is 20. The van der Waals surface area contributed by atoms with Crippen molar-refractivity contribution in [2.24, 2.45) is 11.8 Å². The second-order valence-corrected chi connectivity index (χ2v) is 9.59. The van der Waals surface area contributed by atoms with Crippen molar-refractivity contribution < 1.29 is 113 Å². The maximum atomic E-state index is 8.55. The van der Waals surface area contributed by atoms with E-state index in [1.807, 2.05) is 0 Å². The molecule has 0 aromatic rings. The number of ether oxygens (including phenoxy) is 1. The minimum atomic E-state index is -5.39. The SMILES string of the molecule is CCCCCCC(CCCC)COCC(CCCC)CCCCCC.O=P([O-])([O-])[O-].[Na+].[Na+].[Na+]. The second kappa shape index (κ2) is 35.1. The Morgan fingerprint density at radius 1 is 0.545 bits per heavy atom. The van der Waals surface area contributed by atoms with E-state index in [9.17, 15) is 0 Å². The Balaban J connectivity index is -0.000000293. The van der Waals surface area contributed by atoms with Gasteiger partial charge >= 0.3 is 88.7 Å². The van der Waals surface area contributed by atoms with Gasteiger partial charge in [0.05, 0.1) is 0 Å². The minimum absolute atomic E-state index is 0. The quantitative estimate of drug-likeness (QED) is 0.0959. The predicted octanol–water partition coefficient (Wildman–Crippen LogP) is -3.26. The maximum absolute atomic E-state index is 8.55. The van der Waals surface area contributed by atoms with Gasteiger partial charge in [-0.25, -0.2) is 0 Å². The van der Waals surface area contributed by atoms with E-state index >= 15 is 0 Å². The molecule has 0 amide bonds. The summed E-state index contributed by atoms with van der Waals surface area (Å²) in [5.74, 6) is 1.62. The zero-order chi connectivity index (χ0) is 23.1. The molecule has 0 spiro atoms. The second-order valence-electron chi connectivity index (χ2n) is 8.70. The molecule has 0 heterocycles. The Morgan fingerprint density at radius 3 is 1.09 bits per heavy atom. The van der Waals surface area contributed by atoms with Gasteiger partial charge in [-0.15, -0.1) is 0 Å². The van der Waals surface area contributed by atoms with Gasteiger partial charge in [0.15, 0.2) is 0 Å². The van der Waals surface area contributed by atoms with E-state index in [4.69, 9.17) is 24.0 Å². The summed E-state index contributed by atoms with van der Waals surface area (Å²) in [6.45, 7) is 11.3. The third-order valence-electron chi connectivity index (χ3n) is 5.57. The molecule has 0 saturated heterocycles. The first-order valence-electron chi connectivity index (χ1n) is 12.6. The van der Waals surface area contributed by atoms with Crippen molar-refractivity contribution in [3.05, 3.63) is 0 Å². The molecule has 0 bridgehead atoms. The Bertz CT molecular complexity index is 355. The largest absolute Gasteiger partial charge is 1.00 e. The molecule has 9 heteroatoms. The van der Waals surface area contributed by atoms with Crippen molar-refractivity contribution in [2.75, 3.05) is 13.2 Å². The zero-order valence-electron chi connectivity index (χ0n) is 23.4. The van der Waals surface area contributed by atoms with Crippen LogP contribution >= 0.6 is 7.82 Å². The van der Waals surface area contributed by atoms with Crippen LogP contribution in [0.4, 0.5) is 0 Å². The van der Waals surface area contributed by atoms with Crippen LogP contribution in [0, 0.1) is 11.8 Å². The molecule has 0 fully saturated rings. The molecule has 0 saturated carbocycles. The molecule has 0 rings (SSSR count). The summed E-state index contributed by atoms with van der Waals surface area (Å²) in [5, 5.41) is 0. The molecule has 0 aliphatic heterocycles. The molecular weight excluding hydrogens is 468 g/mol. The van der Waals surface area contributed by atoms with Gasteiger partial charge in [0.2, 0.25) is 0 Å². The molecule has 0 radical (unpaired) electrons. The van der Waals surface area contributed by atoms with Crippen LogP contribution in [0.2, 0.25) is 0 Å². The fraction of sp³-hybridized carbons (Fsp3) is 1.00. The molecule has 33 heavy (non-hydrogen) atoms. The van der Waals surface area contributed by atoms with Crippen LogP contribution in [0.1, 0.15) is 130 Å². The van der Waals surface area contributed by atoms with Gasteiger partial charge in [-0.2, -0.15) is 7.82 Å². The molecule has 2 unspecified atom stereocenters. The first kappa shape index (κ1) is 46.0. The van der Waals surface area contributed by atoms with E-state index in [-0.39, 0.29) is 88.7 Å². The van der Waals surface area contributed by atoms with Gasteiger partial charge in [0, 0.05) is 13.2 Å². The molecule has 184 valence electrons. The van der Waals surface area contributed by atoms with E-state index in [0.717, 1.165) is 25.0 Å². The molecular formula is C24H50Na3O5P. The third kappa shape index (κ3) is 45.4. The summed E-state index contributed by atoms with van der Waals surface area (Å²) in [6.07, 6.45) is 22.0. The van der Waals surface area contributed by atoms with E-state index in [0.29, 0.717) is 0 Å². The van der Waals surface area contributed by atoms with Crippen LogP contribution in [0.3, 0.4) is 0 Å². The van der Waals surface area contributed by atoms with Crippen LogP contribution in [0.15, 0.2) is 0 Å². The third-order valence-corrected chi connectivity index (χ3v) is 5.57. The number of phosphoric acid groups is 1. The summed E-state index contributed by atoms with van der Waals surface area (Å²) in [7, 11) is -5.39. The first-order valence-corrected chi connectivity index (χ1v) is 14.0. The van der Waals surface area contributed by atoms with Gasteiger partial charge in [0.25, 0.3) is 0 Å². The molecule has 0 aliphatic carbocycles. The molecule has 0 aromatic carbocycles. The fourth-order valence-corrected chi connectivity index (χ4v) is 3.73. The smallest absolute Gasteiger partial charge is 0.822 e. The van der Waals surface area contributed by atoms with Crippen molar-refractivity contribution in [2.45, 2.75) is 130 Å². The van der Waals surface area contributed by atoms with Crippen molar-refractivity contribution in [1.29, 1.82) is 0 Å². The van der Waals surface area contributed by atoms with Gasteiger partial charge in [-0.3, -0.25) is 0 Å². The van der Waals surface area contributed by atoms with Crippen LogP contribution in [-0.4, -0.2) is 13.2 Å². The number of hydrogen-bond acceptors (Lipinski definition) is 5. The van der Waals surface area contributed by atoms with Gasteiger partial charge in [-0.1, -0.05) is 105 Å². The Labute approximate surface area is 272 Å². The average Bonchev–Trinajstić information content (AvgIpc) is 2.68. The molecule has 2 atom stereocenters. The van der Waals surface area contributed by atoms with E-state index in [2.05, 4.69) is 27.7 Å². The zero-order valence-corrected chi connectivity index (χ0v) is 30.3. The van der Waals surface area contributed by atoms with E-state index in [1.165, 1.54) is 103 Å². The van der Waals surface area contributed by atoms with Gasteiger partial charge in [0.1, 0.15) is 0 Å². The molecule has 5 nitrogen and oxygen atoms in total. The van der Waals surface area contributed by atoms with Crippen LogP contribution in [-0.2, 0) is 9.30 Å². The minimum Gasteiger partial charge on any atom is -0.822 e.